The third-order valence-corrected chi connectivity index (χ3v) is 7.31. The molecule has 8 nitrogen and oxygen atoms in total. The van der Waals surface area contributed by atoms with Crippen molar-refractivity contribution in [3.05, 3.63) is 0 Å². The Morgan fingerprint density at radius 2 is 1.97 bits per heavy atom. The number of nitrogens with one attached hydrogen (secondary N) is 2. The van der Waals surface area contributed by atoms with Gasteiger partial charge in [-0.25, -0.2) is 8.78 Å². The number of esters is 1. The van der Waals surface area contributed by atoms with E-state index in [0.29, 0.717) is 25.8 Å². The Hall–Kier alpha value is -0.720. The van der Waals surface area contributed by atoms with Crippen molar-refractivity contribution in [3.8, 4) is 0 Å². The molecule has 9 atom stereocenters. The van der Waals surface area contributed by atoms with E-state index in [2.05, 4.69) is 10.6 Å². The highest BCUT2D eigenvalue weighted by Gasteiger charge is 2.50. The number of hydrogen-bond donors (Lipinski definition) is 4. The number of carbonyl (C=O) groups excluding carboxylic acids is 2. The van der Waals surface area contributed by atoms with Crippen LogP contribution >= 0.6 is 23.4 Å². The normalized spacial score (nSPS) is 34.9. The topological polar surface area (TPSA) is 117 Å². The first-order valence-electron chi connectivity index (χ1n) is 11.2. The molecule has 0 aromatic carbocycles. The fourth-order valence-corrected chi connectivity index (χ4v) is 5.30. The standard InChI is InChI=1S/C21H35ClF2N2O6S/c1-10(22)15(18-16(28)17(29)19(31-11(2)27)21(32-18)33-3)26-20(30)13-6-4-12(8-9-25-13)5-7-14(23)24/h10,12-19,21,25,28-29H,4-9H2,1-3H3,(H,26,30)/t10-,12+,13?,15+,16+,17-,18+,19+,21+/m0/s1. The molecular weight excluding hydrogens is 482 g/mol. The molecule has 0 saturated carbocycles. The molecule has 2 aliphatic rings. The van der Waals surface area contributed by atoms with Crippen molar-refractivity contribution >= 4 is 35.2 Å². The second kappa shape index (κ2) is 13.4. The molecule has 0 aliphatic carbocycles. The maximum atomic E-state index is 13.0. The lowest BCUT2D eigenvalue weighted by atomic mass is 9.92. The summed E-state index contributed by atoms with van der Waals surface area (Å²) in [7, 11) is 0. The smallest absolute Gasteiger partial charge is 0.303 e. The predicted octanol–water partition coefficient (Wildman–Crippen LogP) is 1.64. The number of hydrogen-bond acceptors (Lipinski definition) is 8. The summed E-state index contributed by atoms with van der Waals surface area (Å²) in [6, 6.07) is -1.37. The van der Waals surface area contributed by atoms with Crippen LogP contribution in [-0.4, -0.2) is 88.6 Å². The summed E-state index contributed by atoms with van der Waals surface area (Å²) in [6.07, 6.45) is -3.46. The van der Waals surface area contributed by atoms with Crippen molar-refractivity contribution in [2.45, 2.75) is 99.7 Å². The summed E-state index contributed by atoms with van der Waals surface area (Å²) in [5, 5.41) is 26.6. The molecule has 1 amide bonds. The maximum Gasteiger partial charge on any atom is 0.303 e. The predicted molar refractivity (Wildman–Crippen MR) is 121 cm³/mol. The molecule has 1 unspecified atom stereocenters. The molecule has 33 heavy (non-hydrogen) atoms. The highest BCUT2D eigenvalue weighted by atomic mass is 35.5. The first-order valence-corrected chi connectivity index (χ1v) is 12.9. The van der Waals surface area contributed by atoms with Crippen LogP contribution in [0.15, 0.2) is 0 Å². The molecule has 12 heteroatoms. The lowest BCUT2D eigenvalue weighted by Crippen LogP contribution is -2.65. The molecule has 2 rings (SSSR count). The monoisotopic (exact) mass is 516 g/mol. The molecule has 2 aliphatic heterocycles. The third-order valence-electron chi connectivity index (χ3n) is 6.19. The van der Waals surface area contributed by atoms with Crippen molar-refractivity contribution in [1.29, 1.82) is 0 Å². The van der Waals surface area contributed by atoms with Gasteiger partial charge in [-0.05, 0) is 51.3 Å². The molecule has 4 N–H and O–H groups in total. The molecule has 192 valence electrons. The molecule has 2 heterocycles. The van der Waals surface area contributed by atoms with Crippen LogP contribution in [0.5, 0.6) is 0 Å². The van der Waals surface area contributed by atoms with Crippen LogP contribution in [0, 0.1) is 5.92 Å². The number of halogens is 3. The van der Waals surface area contributed by atoms with Crippen molar-refractivity contribution < 1.29 is 38.1 Å². The van der Waals surface area contributed by atoms with E-state index in [1.165, 1.54) is 18.7 Å². The van der Waals surface area contributed by atoms with Gasteiger partial charge in [-0.1, -0.05) is 0 Å². The zero-order valence-corrected chi connectivity index (χ0v) is 20.7. The van der Waals surface area contributed by atoms with Crippen molar-refractivity contribution in [3.63, 3.8) is 0 Å². The number of thioether (sulfide) groups is 1. The lowest BCUT2D eigenvalue weighted by Gasteiger charge is -2.45. The van der Waals surface area contributed by atoms with Gasteiger partial charge in [0.25, 0.3) is 0 Å². The van der Waals surface area contributed by atoms with Crippen LogP contribution < -0.4 is 10.6 Å². The van der Waals surface area contributed by atoms with Crippen molar-refractivity contribution in [2.24, 2.45) is 5.92 Å². The molecule has 0 spiro atoms. The van der Waals surface area contributed by atoms with E-state index in [1.807, 2.05) is 0 Å². The Labute approximate surface area is 202 Å². The molecule has 0 bridgehead atoms. The van der Waals surface area contributed by atoms with Crippen LogP contribution in [-0.2, 0) is 19.1 Å². The largest absolute Gasteiger partial charge is 0.456 e. The zero-order valence-electron chi connectivity index (χ0n) is 19.1. The van der Waals surface area contributed by atoms with E-state index < -0.39 is 59.7 Å². The Morgan fingerprint density at radius 1 is 1.27 bits per heavy atom. The van der Waals surface area contributed by atoms with Crippen molar-refractivity contribution in [2.75, 3.05) is 12.8 Å². The molecular formula is C21H35ClF2N2O6S. The molecule has 0 radical (unpaired) electrons. The van der Waals surface area contributed by atoms with Gasteiger partial charge in [-0.15, -0.1) is 23.4 Å². The van der Waals surface area contributed by atoms with Gasteiger partial charge in [0.2, 0.25) is 12.3 Å². The van der Waals surface area contributed by atoms with E-state index in [4.69, 9.17) is 21.1 Å². The van der Waals surface area contributed by atoms with Gasteiger partial charge in [0, 0.05) is 13.3 Å². The highest BCUT2D eigenvalue weighted by Crippen LogP contribution is 2.32. The van der Waals surface area contributed by atoms with Gasteiger partial charge in [-0.2, -0.15) is 0 Å². The Morgan fingerprint density at radius 3 is 2.55 bits per heavy atom. The SMILES string of the molecule is CS[C@H]1O[C@H]([C@H](NC(=O)C2CC[C@H](CCC(F)F)CCN2)[C@H](C)Cl)[C@H](O)[C@H](O)[C@H]1OC(C)=O. The summed E-state index contributed by atoms with van der Waals surface area (Å²) in [6.45, 7) is 3.37. The fraction of sp³-hybridized carbons (Fsp3) is 0.905. The van der Waals surface area contributed by atoms with Gasteiger partial charge in [0.05, 0.1) is 17.5 Å². The second-order valence-electron chi connectivity index (χ2n) is 8.68. The average molecular weight is 517 g/mol. The second-order valence-corrected chi connectivity index (χ2v) is 10.3. The Bertz CT molecular complexity index is 648. The fourth-order valence-electron chi connectivity index (χ4n) is 4.37. The van der Waals surface area contributed by atoms with E-state index in [-0.39, 0.29) is 18.2 Å². The van der Waals surface area contributed by atoms with E-state index in [1.54, 1.807) is 13.2 Å². The highest BCUT2D eigenvalue weighted by molar-refractivity contribution is 7.99. The van der Waals surface area contributed by atoms with E-state index in [0.717, 1.165) is 6.42 Å². The van der Waals surface area contributed by atoms with Gasteiger partial charge >= 0.3 is 5.97 Å². The number of amides is 1. The lowest BCUT2D eigenvalue weighted by molar-refractivity contribution is -0.217. The minimum absolute atomic E-state index is 0.131. The molecule has 0 aromatic rings. The Balaban J connectivity index is 2.04. The van der Waals surface area contributed by atoms with E-state index >= 15 is 0 Å². The number of carbonyl (C=O) groups is 2. The summed E-state index contributed by atoms with van der Waals surface area (Å²) in [5.41, 5.74) is -0.765. The third kappa shape index (κ3) is 8.17. The first kappa shape index (κ1) is 28.5. The minimum atomic E-state index is -2.32. The van der Waals surface area contributed by atoms with Gasteiger partial charge < -0.3 is 30.3 Å². The quantitative estimate of drug-likeness (QED) is 0.270. The number of alkyl halides is 3. The van der Waals surface area contributed by atoms with Gasteiger partial charge in [0.1, 0.15) is 23.7 Å². The summed E-state index contributed by atoms with van der Waals surface area (Å²) in [4.78, 5) is 24.4. The van der Waals surface area contributed by atoms with Crippen LogP contribution in [0.3, 0.4) is 0 Å². The van der Waals surface area contributed by atoms with Gasteiger partial charge in [0.15, 0.2) is 6.10 Å². The zero-order chi connectivity index (χ0) is 24.7. The number of aliphatic hydroxyl groups excluding tert-OH is 2. The van der Waals surface area contributed by atoms with E-state index in [9.17, 15) is 28.6 Å². The Kier molecular flexibility index (Phi) is 11.6. The van der Waals surface area contributed by atoms with Crippen LogP contribution in [0.4, 0.5) is 8.78 Å². The van der Waals surface area contributed by atoms with Crippen LogP contribution in [0.2, 0.25) is 0 Å². The molecule has 2 fully saturated rings. The molecule has 2 saturated heterocycles. The summed E-state index contributed by atoms with van der Waals surface area (Å²) >= 11 is 7.54. The van der Waals surface area contributed by atoms with Gasteiger partial charge in [-0.3, -0.25) is 9.59 Å². The average Bonchev–Trinajstić information content (AvgIpc) is 2.99. The summed E-state index contributed by atoms with van der Waals surface area (Å²) in [5.74, 6) is -0.824. The molecule has 0 aromatic heterocycles. The maximum absolute atomic E-state index is 13.0. The van der Waals surface area contributed by atoms with Crippen LogP contribution in [0.1, 0.15) is 46.0 Å². The number of ether oxygens (including phenoxy) is 2. The summed E-state index contributed by atoms with van der Waals surface area (Å²) < 4.78 is 36.1. The minimum Gasteiger partial charge on any atom is -0.456 e. The number of aliphatic hydroxyl groups is 2. The first-order chi connectivity index (χ1) is 15.5. The number of rotatable bonds is 9. The van der Waals surface area contributed by atoms with Crippen molar-refractivity contribution in [1.82, 2.24) is 10.6 Å². The van der Waals surface area contributed by atoms with Crippen LogP contribution in [0.25, 0.3) is 0 Å².